The van der Waals surface area contributed by atoms with Crippen molar-refractivity contribution in [3.05, 3.63) is 0 Å². The first kappa shape index (κ1) is 8.48. The van der Waals surface area contributed by atoms with Gasteiger partial charge in [0.1, 0.15) is 0 Å². The average Bonchev–Trinajstić information content (AvgIpc) is 1.93. The molecule has 70 valence electrons. The minimum absolute atomic E-state index is 0.0978. The minimum atomic E-state index is -0.0978. The van der Waals surface area contributed by atoms with E-state index in [1.165, 1.54) is 6.54 Å². The third-order valence-corrected chi connectivity index (χ3v) is 3.23. The first-order valence-corrected chi connectivity index (χ1v) is 4.90. The Bertz CT molecular complexity index is 159. The van der Waals surface area contributed by atoms with Crippen LogP contribution < -0.4 is 5.32 Å². The highest BCUT2D eigenvalue weighted by Crippen LogP contribution is 2.19. The van der Waals surface area contributed by atoms with Gasteiger partial charge >= 0.3 is 0 Å². The van der Waals surface area contributed by atoms with Crippen LogP contribution in [0.5, 0.6) is 0 Å². The molecule has 0 spiro atoms. The molecule has 2 N–H and O–H groups in total. The van der Waals surface area contributed by atoms with Crippen LogP contribution in [0, 0.1) is 5.92 Å². The summed E-state index contributed by atoms with van der Waals surface area (Å²) in [5.41, 5.74) is 0. The van der Waals surface area contributed by atoms with E-state index in [9.17, 15) is 5.11 Å². The molecule has 2 unspecified atom stereocenters. The van der Waals surface area contributed by atoms with Crippen LogP contribution in [0.4, 0.5) is 0 Å². The first-order valence-electron chi connectivity index (χ1n) is 4.90. The monoisotopic (exact) mass is 170 g/mol. The summed E-state index contributed by atoms with van der Waals surface area (Å²) >= 11 is 0. The van der Waals surface area contributed by atoms with Crippen LogP contribution in [0.2, 0.25) is 0 Å². The average molecular weight is 170 g/mol. The molecule has 3 nitrogen and oxygen atoms in total. The fraction of sp³-hybridized carbons (Fsp3) is 1.00. The molecule has 0 radical (unpaired) electrons. The Balaban J connectivity index is 1.84. The Kier molecular flexibility index (Phi) is 2.35. The Morgan fingerprint density at radius 2 is 2.17 bits per heavy atom. The van der Waals surface area contributed by atoms with E-state index < -0.39 is 0 Å². The van der Waals surface area contributed by atoms with Gasteiger partial charge in [0, 0.05) is 25.7 Å². The van der Waals surface area contributed by atoms with Crippen LogP contribution in [0.1, 0.15) is 13.3 Å². The van der Waals surface area contributed by atoms with Gasteiger partial charge in [0.25, 0.3) is 0 Å². The van der Waals surface area contributed by atoms with Crippen molar-refractivity contribution < 1.29 is 5.11 Å². The maximum absolute atomic E-state index is 9.65. The van der Waals surface area contributed by atoms with Crippen LogP contribution >= 0.6 is 0 Å². The molecule has 2 saturated heterocycles. The quantitative estimate of drug-likeness (QED) is 0.565. The van der Waals surface area contributed by atoms with Crippen LogP contribution in [0.3, 0.4) is 0 Å². The molecule has 0 aliphatic carbocycles. The second-order valence-corrected chi connectivity index (χ2v) is 4.14. The molecule has 2 aliphatic heterocycles. The highest BCUT2D eigenvalue weighted by atomic mass is 16.3. The van der Waals surface area contributed by atoms with Crippen molar-refractivity contribution in [2.75, 3.05) is 26.2 Å². The summed E-state index contributed by atoms with van der Waals surface area (Å²) in [7, 11) is 0. The lowest BCUT2D eigenvalue weighted by Gasteiger charge is -2.43. The number of hydrogen-bond acceptors (Lipinski definition) is 3. The molecule has 0 aromatic rings. The van der Waals surface area contributed by atoms with E-state index in [0.717, 1.165) is 26.1 Å². The van der Waals surface area contributed by atoms with Gasteiger partial charge in [-0.2, -0.15) is 0 Å². The highest BCUT2D eigenvalue weighted by molar-refractivity contribution is 4.89. The van der Waals surface area contributed by atoms with Crippen molar-refractivity contribution in [3.63, 3.8) is 0 Å². The third-order valence-electron chi connectivity index (χ3n) is 3.23. The molecule has 2 heterocycles. The lowest BCUT2D eigenvalue weighted by Crippen LogP contribution is -2.60. The van der Waals surface area contributed by atoms with Gasteiger partial charge in [-0.05, 0) is 18.9 Å². The number of aliphatic hydroxyl groups is 1. The number of aliphatic hydroxyl groups excluding tert-OH is 1. The molecule has 2 aliphatic rings. The lowest BCUT2D eigenvalue weighted by atomic mass is 9.94. The smallest absolute Gasteiger partial charge is 0.0693 e. The van der Waals surface area contributed by atoms with Crippen LogP contribution in [-0.2, 0) is 0 Å². The van der Waals surface area contributed by atoms with Crippen molar-refractivity contribution in [3.8, 4) is 0 Å². The highest BCUT2D eigenvalue weighted by Gasteiger charge is 2.31. The van der Waals surface area contributed by atoms with Crippen molar-refractivity contribution in [1.29, 1.82) is 0 Å². The molecule has 0 aromatic heterocycles. The van der Waals surface area contributed by atoms with E-state index in [4.69, 9.17) is 0 Å². The van der Waals surface area contributed by atoms with Gasteiger partial charge in [-0.15, -0.1) is 0 Å². The van der Waals surface area contributed by atoms with Crippen LogP contribution in [-0.4, -0.2) is 48.3 Å². The summed E-state index contributed by atoms with van der Waals surface area (Å²) in [5, 5.41) is 12.9. The fourth-order valence-electron chi connectivity index (χ4n) is 1.94. The Morgan fingerprint density at radius 3 is 2.67 bits per heavy atom. The van der Waals surface area contributed by atoms with Gasteiger partial charge in [0.2, 0.25) is 0 Å². The summed E-state index contributed by atoms with van der Waals surface area (Å²) in [6, 6.07) is 0.701. The Morgan fingerprint density at radius 1 is 1.42 bits per heavy atom. The van der Waals surface area contributed by atoms with Gasteiger partial charge in [0.15, 0.2) is 0 Å². The van der Waals surface area contributed by atoms with Gasteiger partial charge in [-0.25, -0.2) is 0 Å². The van der Waals surface area contributed by atoms with Gasteiger partial charge in [-0.3, -0.25) is 4.90 Å². The molecule has 12 heavy (non-hydrogen) atoms. The maximum atomic E-state index is 9.65. The number of β-amino-alcohol motifs (C(OH)–C–C–N with tert-alkyl or cyclic N) is 1. The molecular weight excluding hydrogens is 152 g/mol. The normalized spacial score (nSPS) is 39.5. The second-order valence-electron chi connectivity index (χ2n) is 4.14. The van der Waals surface area contributed by atoms with E-state index in [1.54, 1.807) is 0 Å². The molecule has 2 fully saturated rings. The van der Waals surface area contributed by atoms with Crippen molar-refractivity contribution in [2.45, 2.75) is 25.5 Å². The van der Waals surface area contributed by atoms with Crippen molar-refractivity contribution in [1.82, 2.24) is 10.2 Å². The number of likely N-dealkylation sites (tertiary alicyclic amines) is 1. The molecule has 2 rings (SSSR count). The number of nitrogens with one attached hydrogen (secondary N) is 1. The van der Waals surface area contributed by atoms with Crippen LogP contribution in [0.25, 0.3) is 0 Å². The predicted molar refractivity (Wildman–Crippen MR) is 48.0 cm³/mol. The predicted octanol–water partition coefficient (Wildman–Crippen LogP) is -0.339. The van der Waals surface area contributed by atoms with Gasteiger partial charge in [0.05, 0.1) is 6.10 Å². The maximum Gasteiger partial charge on any atom is 0.0693 e. The van der Waals surface area contributed by atoms with Gasteiger partial charge in [-0.1, -0.05) is 6.92 Å². The number of piperidine rings is 1. The fourth-order valence-corrected chi connectivity index (χ4v) is 1.94. The third kappa shape index (κ3) is 1.49. The van der Waals surface area contributed by atoms with E-state index in [2.05, 4.69) is 17.1 Å². The Hall–Kier alpha value is -0.120. The molecule has 0 aromatic carbocycles. The molecule has 3 heteroatoms. The van der Waals surface area contributed by atoms with E-state index in [-0.39, 0.29) is 6.10 Å². The molecule has 0 saturated carbocycles. The Labute approximate surface area is 73.8 Å². The molecular formula is C9H18N2O. The zero-order valence-corrected chi connectivity index (χ0v) is 7.66. The number of nitrogens with zero attached hydrogens (tertiary/aromatic N) is 1. The van der Waals surface area contributed by atoms with Crippen molar-refractivity contribution >= 4 is 0 Å². The summed E-state index contributed by atoms with van der Waals surface area (Å²) in [4.78, 5) is 2.42. The van der Waals surface area contributed by atoms with Gasteiger partial charge < -0.3 is 10.4 Å². The summed E-state index contributed by atoms with van der Waals surface area (Å²) < 4.78 is 0. The SMILES string of the molecule is CC1CCN(C2CNC2)CC1O. The van der Waals surface area contributed by atoms with E-state index >= 15 is 0 Å². The standard InChI is InChI=1S/C9H18N2O/c1-7-2-3-11(6-9(7)12)8-4-10-5-8/h7-10,12H,2-6H2,1H3. The molecule has 0 amide bonds. The lowest BCUT2D eigenvalue weighted by molar-refractivity contribution is -0.000559. The minimum Gasteiger partial charge on any atom is -0.392 e. The van der Waals surface area contributed by atoms with Crippen molar-refractivity contribution in [2.24, 2.45) is 5.92 Å². The zero-order valence-electron chi connectivity index (χ0n) is 7.66. The summed E-state index contributed by atoms with van der Waals surface area (Å²) in [6.07, 6.45) is 1.05. The topological polar surface area (TPSA) is 35.5 Å². The second kappa shape index (κ2) is 3.32. The first-order chi connectivity index (χ1) is 5.77. The summed E-state index contributed by atoms with van der Waals surface area (Å²) in [6.45, 7) is 6.42. The van der Waals surface area contributed by atoms with E-state index in [0.29, 0.717) is 12.0 Å². The number of hydrogen-bond donors (Lipinski definition) is 2. The molecule has 0 bridgehead atoms. The largest absolute Gasteiger partial charge is 0.392 e. The zero-order chi connectivity index (χ0) is 8.55. The van der Waals surface area contributed by atoms with Crippen LogP contribution in [0.15, 0.2) is 0 Å². The number of rotatable bonds is 1. The molecule has 2 atom stereocenters. The summed E-state index contributed by atoms with van der Waals surface area (Å²) in [5.74, 6) is 0.495. The van der Waals surface area contributed by atoms with E-state index in [1.807, 2.05) is 0 Å².